The summed E-state index contributed by atoms with van der Waals surface area (Å²) in [6.45, 7) is 1.32. The Kier molecular flexibility index (Phi) is 2.85. The number of aromatic nitrogens is 2. The van der Waals surface area contributed by atoms with E-state index < -0.39 is 6.04 Å². The van der Waals surface area contributed by atoms with Gasteiger partial charge in [0.1, 0.15) is 0 Å². The van der Waals surface area contributed by atoms with E-state index in [1.165, 1.54) is 6.39 Å². The maximum absolute atomic E-state index is 6.05. The molecule has 1 aliphatic heterocycles. The van der Waals surface area contributed by atoms with Gasteiger partial charge in [0.25, 0.3) is 0 Å². The second-order valence-corrected chi connectivity index (χ2v) is 4.02. The Hall–Kier alpha value is -2.08. The van der Waals surface area contributed by atoms with Crippen molar-refractivity contribution < 1.29 is 14.0 Å². The Bertz CT molecular complexity index is 527. The van der Waals surface area contributed by atoms with Crippen LogP contribution in [0.5, 0.6) is 11.5 Å². The molecule has 0 spiro atoms. The van der Waals surface area contributed by atoms with Crippen LogP contribution in [0.25, 0.3) is 0 Å². The fourth-order valence-corrected chi connectivity index (χ4v) is 1.84. The maximum Gasteiger partial charge on any atom is 0.213 e. The van der Waals surface area contributed by atoms with Gasteiger partial charge in [-0.3, -0.25) is 0 Å². The molecule has 1 aromatic carbocycles. The first-order chi connectivity index (χ1) is 8.84. The van der Waals surface area contributed by atoms with Crippen molar-refractivity contribution in [2.24, 2.45) is 5.73 Å². The van der Waals surface area contributed by atoms with Crippen LogP contribution in [0.3, 0.4) is 0 Å². The summed E-state index contributed by atoms with van der Waals surface area (Å²) in [5, 5.41) is 3.74. The molecule has 1 aromatic heterocycles. The molecule has 6 heteroatoms. The summed E-state index contributed by atoms with van der Waals surface area (Å²) in [7, 11) is 0. The summed E-state index contributed by atoms with van der Waals surface area (Å²) in [5.74, 6) is 1.91. The van der Waals surface area contributed by atoms with Gasteiger partial charge in [-0.2, -0.15) is 4.98 Å². The summed E-state index contributed by atoms with van der Waals surface area (Å²) < 4.78 is 15.9. The number of hydrogen-bond acceptors (Lipinski definition) is 6. The molecule has 2 heterocycles. The van der Waals surface area contributed by atoms with E-state index in [0.717, 1.165) is 17.7 Å². The minimum absolute atomic E-state index is 0.430. The van der Waals surface area contributed by atoms with E-state index in [2.05, 4.69) is 10.1 Å². The maximum atomic E-state index is 6.05. The van der Waals surface area contributed by atoms with E-state index in [1.54, 1.807) is 0 Å². The van der Waals surface area contributed by atoms with Crippen molar-refractivity contribution in [3.63, 3.8) is 0 Å². The molecule has 0 fully saturated rings. The Morgan fingerprint density at radius 2 is 2.00 bits per heavy atom. The fourth-order valence-electron chi connectivity index (χ4n) is 1.84. The molecular weight excluding hydrogens is 234 g/mol. The molecule has 0 radical (unpaired) electrons. The van der Waals surface area contributed by atoms with Crippen LogP contribution >= 0.6 is 0 Å². The highest BCUT2D eigenvalue weighted by molar-refractivity contribution is 5.45. The van der Waals surface area contributed by atoms with Gasteiger partial charge in [-0.05, 0) is 17.7 Å². The second-order valence-electron chi connectivity index (χ2n) is 4.02. The summed E-state index contributed by atoms with van der Waals surface area (Å²) in [6, 6.07) is 5.17. The average molecular weight is 247 g/mol. The van der Waals surface area contributed by atoms with Crippen molar-refractivity contribution in [1.82, 2.24) is 10.1 Å². The van der Waals surface area contributed by atoms with Crippen LogP contribution < -0.4 is 15.2 Å². The Balaban J connectivity index is 1.92. The molecule has 94 valence electrons. The number of rotatable bonds is 2. The molecule has 0 bridgehead atoms. The Labute approximate surface area is 104 Å². The predicted octanol–water partition coefficient (Wildman–Crippen LogP) is 1.28. The first-order valence-corrected chi connectivity index (χ1v) is 5.76. The van der Waals surface area contributed by atoms with Crippen LogP contribution in [0.15, 0.2) is 29.1 Å². The Morgan fingerprint density at radius 1 is 1.17 bits per heavy atom. The molecule has 1 atom stereocenters. The van der Waals surface area contributed by atoms with E-state index >= 15 is 0 Å². The fraction of sp³-hybridized carbons (Fsp3) is 0.333. The lowest BCUT2D eigenvalue weighted by Gasteiger charge is -2.12. The largest absolute Gasteiger partial charge is 0.490 e. The van der Waals surface area contributed by atoms with E-state index in [-0.39, 0.29) is 0 Å². The monoisotopic (exact) mass is 247 g/mol. The lowest BCUT2D eigenvalue weighted by atomic mass is 10.1. The van der Waals surface area contributed by atoms with Gasteiger partial charge in [-0.25, -0.2) is 0 Å². The number of benzene rings is 1. The lowest BCUT2D eigenvalue weighted by molar-refractivity contribution is 0.297. The molecule has 2 aromatic rings. The van der Waals surface area contributed by atoms with Gasteiger partial charge in [-0.1, -0.05) is 11.2 Å². The van der Waals surface area contributed by atoms with Crippen LogP contribution in [-0.4, -0.2) is 23.4 Å². The van der Waals surface area contributed by atoms with Crippen LogP contribution in [0.1, 0.15) is 23.9 Å². The molecule has 6 nitrogen and oxygen atoms in total. The molecule has 0 saturated carbocycles. The van der Waals surface area contributed by atoms with Crippen molar-refractivity contribution in [2.75, 3.05) is 13.2 Å². The third kappa shape index (κ3) is 2.02. The zero-order chi connectivity index (χ0) is 12.4. The van der Waals surface area contributed by atoms with E-state index in [1.807, 2.05) is 18.2 Å². The summed E-state index contributed by atoms with van der Waals surface area (Å²) in [5.41, 5.74) is 6.91. The first kappa shape index (κ1) is 11.0. The minimum Gasteiger partial charge on any atom is -0.490 e. The number of nitrogens with two attached hydrogens (primary N) is 1. The topological polar surface area (TPSA) is 83.4 Å². The predicted molar refractivity (Wildman–Crippen MR) is 62.4 cm³/mol. The van der Waals surface area contributed by atoms with Gasteiger partial charge in [0.05, 0.1) is 19.3 Å². The van der Waals surface area contributed by atoms with Crippen LogP contribution in [0, 0.1) is 0 Å². The van der Waals surface area contributed by atoms with Crippen LogP contribution in [0.2, 0.25) is 0 Å². The van der Waals surface area contributed by atoms with E-state index in [9.17, 15) is 0 Å². The highest BCUT2D eigenvalue weighted by atomic mass is 16.5. The first-order valence-electron chi connectivity index (χ1n) is 5.76. The normalized spacial score (nSPS) is 16.1. The second kappa shape index (κ2) is 4.66. The minimum atomic E-state index is -0.430. The molecule has 18 heavy (non-hydrogen) atoms. The van der Waals surface area contributed by atoms with Crippen LogP contribution in [0.4, 0.5) is 0 Å². The zero-order valence-corrected chi connectivity index (χ0v) is 9.70. The number of ether oxygens (including phenoxy) is 2. The number of hydrogen-bond donors (Lipinski definition) is 1. The third-order valence-corrected chi connectivity index (χ3v) is 2.79. The van der Waals surface area contributed by atoms with Gasteiger partial charge >= 0.3 is 0 Å². The van der Waals surface area contributed by atoms with Crippen molar-refractivity contribution in [3.8, 4) is 11.5 Å². The zero-order valence-electron chi connectivity index (χ0n) is 9.70. The number of nitrogens with zero attached hydrogens (tertiary/aromatic N) is 2. The molecule has 0 saturated heterocycles. The quantitative estimate of drug-likeness (QED) is 0.860. The van der Waals surface area contributed by atoms with Gasteiger partial charge in [-0.15, -0.1) is 0 Å². The van der Waals surface area contributed by atoms with Gasteiger partial charge < -0.3 is 19.7 Å². The SMILES string of the molecule is NC(c1ccc2c(c1)OCCCO2)c1ncon1. The molecule has 0 aliphatic carbocycles. The van der Waals surface area contributed by atoms with Gasteiger partial charge in [0.2, 0.25) is 6.39 Å². The van der Waals surface area contributed by atoms with Gasteiger partial charge in [0.15, 0.2) is 17.3 Å². The number of fused-ring (bicyclic) bond motifs is 1. The Morgan fingerprint density at radius 3 is 2.78 bits per heavy atom. The molecular formula is C12H13N3O3. The smallest absolute Gasteiger partial charge is 0.213 e. The highest BCUT2D eigenvalue weighted by Crippen LogP contribution is 2.32. The van der Waals surface area contributed by atoms with Crippen molar-refractivity contribution >= 4 is 0 Å². The molecule has 1 aliphatic rings. The molecule has 1 unspecified atom stereocenters. The van der Waals surface area contributed by atoms with Crippen molar-refractivity contribution in [3.05, 3.63) is 36.0 Å². The molecule has 2 N–H and O–H groups in total. The average Bonchev–Trinajstić information content (AvgIpc) is 2.83. The lowest BCUT2D eigenvalue weighted by Crippen LogP contribution is -2.13. The summed E-state index contributed by atoms with van der Waals surface area (Å²) in [6.07, 6.45) is 2.14. The molecule has 0 amide bonds. The van der Waals surface area contributed by atoms with Gasteiger partial charge in [0, 0.05) is 6.42 Å². The van der Waals surface area contributed by atoms with E-state index in [0.29, 0.717) is 24.8 Å². The molecule has 3 rings (SSSR count). The highest BCUT2D eigenvalue weighted by Gasteiger charge is 2.17. The summed E-state index contributed by atoms with van der Waals surface area (Å²) in [4.78, 5) is 3.95. The standard InChI is InChI=1S/C12H13N3O3/c13-11(12-14-7-18-15-12)8-2-3-9-10(6-8)17-5-1-4-16-9/h2-3,6-7,11H,1,4-5,13H2. The van der Waals surface area contributed by atoms with Crippen molar-refractivity contribution in [1.29, 1.82) is 0 Å². The van der Waals surface area contributed by atoms with Crippen molar-refractivity contribution in [2.45, 2.75) is 12.5 Å². The summed E-state index contributed by atoms with van der Waals surface area (Å²) >= 11 is 0. The van der Waals surface area contributed by atoms with E-state index in [4.69, 9.17) is 19.7 Å². The third-order valence-electron chi connectivity index (χ3n) is 2.79. The van der Waals surface area contributed by atoms with Crippen LogP contribution in [-0.2, 0) is 0 Å².